The van der Waals surface area contributed by atoms with Crippen molar-refractivity contribution in [3.63, 3.8) is 0 Å². The molecule has 0 saturated heterocycles. The average Bonchev–Trinajstić information content (AvgIpc) is 2.82. The van der Waals surface area contributed by atoms with E-state index in [0.717, 1.165) is 31.6 Å². The fourth-order valence-electron chi connectivity index (χ4n) is 1.71. The van der Waals surface area contributed by atoms with Gasteiger partial charge in [-0.2, -0.15) is 0 Å². The van der Waals surface area contributed by atoms with Gasteiger partial charge in [-0.3, -0.25) is 4.79 Å². The number of hydrogen-bond acceptors (Lipinski definition) is 3. The first-order valence-corrected chi connectivity index (χ1v) is 6.31. The molecule has 0 spiro atoms. The molecule has 1 heterocycles. The Kier molecular flexibility index (Phi) is 5.77. The van der Waals surface area contributed by atoms with E-state index >= 15 is 0 Å². The van der Waals surface area contributed by atoms with Gasteiger partial charge in [-0.1, -0.05) is 13.8 Å². The Labute approximate surface area is 103 Å². The molecule has 1 rings (SSSR count). The summed E-state index contributed by atoms with van der Waals surface area (Å²) in [6, 6.07) is 3.62. The highest BCUT2D eigenvalue weighted by molar-refractivity contribution is 5.91. The smallest absolute Gasteiger partial charge is 0.289 e. The van der Waals surface area contributed by atoms with Gasteiger partial charge in [-0.05, 0) is 31.5 Å². The van der Waals surface area contributed by atoms with Crippen LogP contribution < -0.4 is 5.73 Å². The Morgan fingerprint density at radius 2 is 2.12 bits per heavy atom. The Morgan fingerprint density at radius 1 is 1.35 bits per heavy atom. The highest BCUT2D eigenvalue weighted by Crippen LogP contribution is 2.12. The molecule has 2 N–H and O–H groups in total. The van der Waals surface area contributed by atoms with Gasteiger partial charge >= 0.3 is 0 Å². The molecule has 0 atom stereocenters. The zero-order valence-corrected chi connectivity index (χ0v) is 10.7. The van der Waals surface area contributed by atoms with E-state index in [4.69, 9.17) is 10.2 Å². The minimum Gasteiger partial charge on any atom is -0.456 e. The summed E-state index contributed by atoms with van der Waals surface area (Å²) in [4.78, 5) is 14.0. The second-order valence-electron chi connectivity index (χ2n) is 4.05. The summed E-state index contributed by atoms with van der Waals surface area (Å²) in [6.07, 6.45) is 2.58. The van der Waals surface area contributed by atoms with Crippen molar-refractivity contribution < 1.29 is 9.21 Å². The first-order chi connectivity index (χ1) is 8.22. The fourth-order valence-corrected chi connectivity index (χ4v) is 1.71. The van der Waals surface area contributed by atoms with Gasteiger partial charge < -0.3 is 15.1 Å². The van der Waals surface area contributed by atoms with Gasteiger partial charge in [-0.25, -0.2) is 0 Å². The molecule has 4 nitrogen and oxygen atoms in total. The summed E-state index contributed by atoms with van der Waals surface area (Å²) < 4.78 is 5.48. The topological polar surface area (TPSA) is 59.5 Å². The number of furan rings is 1. The number of nitrogens with two attached hydrogens (primary N) is 1. The first-order valence-electron chi connectivity index (χ1n) is 6.31. The third-order valence-electron chi connectivity index (χ3n) is 2.63. The lowest BCUT2D eigenvalue weighted by Gasteiger charge is -2.20. The highest BCUT2D eigenvalue weighted by Gasteiger charge is 2.17. The van der Waals surface area contributed by atoms with Gasteiger partial charge in [0.25, 0.3) is 5.91 Å². The van der Waals surface area contributed by atoms with Crippen LogP contribution >= 0.6 is 0 Å². The third kappa shape index (κ3) is 3.89. The molecule has 0 unspecified atom stereocenters. The van der Waals surface area contributed by atoms with Gasteiger partial charge in [0, 0.05) is 19.5 Å². The summed E-state index contributed by atoms with van der Waals surface area (Å²) in [7, 11) is 0. The van der Waals surface area contributed by atoms with E-state index in [0.29, 0.717) is 18.8 Å². The van der Waals surface area contributed by atoms with E-state index in [9.17, 15) is 4.79 Å². The van der Waals surface area contributed by atoms with Crippen LogP contribution in [0.3, 0.4) is 0 Å². The molecule has 0 fully saturated rings. The second-order valence-corrected chi connectivity index (χ2v) is 4.05. The molecule has 0 radical (unpaired) electrons. The quantitative estimate of drug-likeness (QED) is 0.790. The van der Waals surface area contributed by atoms with E-state index in [-0.39, 0.29) is 5.91 Å². The molecule has 0 aliphatic carbocycles. The van der Waals surface area contributed by atoms with Gasteiger partial charge in [0.15, 0.2) is 5.76 Å². The zero-order chi connectivity index (χ0) is 12.7. The average molecular weight is 238 g/mol. The van der Waals surface area contributed by atoms with Gasteiger partial charge in [0.2, 0.25) is 0 Å². The number of nitrogens with zero attached hydrogens (tertiary/aromatic N) is 1. The minimum absolute atomic E-state index is 0.0278. The van der Waals surface area contributed by atoms with Crippen LogP contribution in [-0.2, 0) is 6.42 Å². The molecule has 0 bridgehead atoms. The van der Waals surface area contributed by atoms with Crippen molar-refractivity contribution in [1.29, 1.82) is 0 Å². The van der Waals surface area contributed by atoms with Crippen LogP contribution in [-0.4, -0.2) is 30.4 Å². The Hall–Kier alpha value is -1.29. The van der Waals surface area contributed by atoms with E-state index in [2.05, 4.69) is 6.92 Å². The molecule has 0 aliphatic heterocycles. The van der Waals surface area contributed by atoms with Crippen molar-refractivity contribution in [2.75, 3.05) is 19.6 Å². The SMILES string of the molecule is CCCN(CCCN)C(=O)c1ccc(CC)o1. The lowest BCUT2D eigenvalue weighted by molar-refractivity contribution is 0.0721. The number of carbonyl (C=O) groups is 1. The minimum atomic E-state index is -0.0278. The molecular weight excluding hydrogens is 216 g/mol. The highest BCUT2D eigenvalue weighted by atomic mass is 16.4. The van der Waals surface area contributed by atoms with E-state index in [1.54, 1.807) is 6.07 Å². The summed E-state index contributed by atoms with van der Waals surface area (Å²) in [5.74, 6) is 1.26. The maximum absolute atomic E-state index is 12.2. The Balaban J connectivity index is 2.68. The summed E-state index contributed by atoms with van der Waals surface area (Å²) in [6.45, 7) is 6.12. The van der Waals surface area contributed by atoms with Crippen molar-refractivity contribution in [1.82, 2.24) is 4.90 Å². The van der Waals surface area contributed by atoms with Crippen molar-refractivity contribution in [2.24, 2.45) is 5.73 Å². The molecule has 1 amide bonds. The predicted octanol–water partition coefficient (Wildman–Crippen LogP) is 2.04. The maximum atomic E-state index is 12.2. The largest absolute Gasteiger partial charge is 0.456 e. The molecule has 1 aromatic rings. The van der Waals surface area contributed by atoms with Gasteiger partial charge in [0.1, 0.15) is 5.76 Å². The van der Waals surface area contributed by atoms with Crippen molar-refractivity contribution in [3.05, 3.63) is 23.7 Å². The number of rotatable bonds is 7. The van der Waals surface area contributed by atoms with E-state index in [1.165, 1.54) is 0 Å². The molecule has 4 heteroatoms. The molecule has 1 aromatic heterocycles. The molecule has 96 valence electrons. The number of amides is 1. The third-order valence-corrected chi connectivity index (χ3v) is 2.63. The lowest BCUT2D eigenvalue weighted by Crippen LogP contribution is -2.33. The zero-order valence-electron chi connectivity index (χ0n) is 10.7. The molecule has 0 saturated carbocycles. The second kappa shape index (κ2) is 7.12. The van der Waals surface area contributed by atoms with Gasteiger partial charge in [-0.15, -0.1) is 0 Å². The molecule has 17 heavy (non-hydrogen) atoms. The van der Waals surface area contributed by atoms with Crippen LogP contribution in [0.25, 0.3) is 0 Å². The van der Waals surface area contributed by atoms with Crippen molar-refractivity contribution in [3.8, 4) is 0 Å². The van der Waals surface area contributed by atoms with Crippen molar-refractivity contribution in [2.45, 2.75) is 33.1 Å². The molecular formula is C13H22N2O2. The summed E-state index contributed by atoms with van der Waals surface area (Å²) in [5, 5.41) is 0. The Bertz CT molecular complexity index is 347. The van der Waals surface area contributed by atoms with Crippen LogP contribution in [0.4, 0.5) is 0 Å². The summed E-state index contributed by atoms with van der Waals surface area (Å²) >= 11 is 0. The predicted molar refractivity (Wildman–Crippen MR) is 68.0 cm³/mol. The number of carbonyl (C=O) groups excluding carboxylic acids is 1. The van der Waals surface area contributed by atoms with Crippen LogP contribution in [0.5, 0.6) is 0 Å². The monoisotopic (exact) mass is 238 g/mol. The Morgan fingerprint density at radius 3 is 2.65 bits per heavy atom. The van der Waals surface area contributed by atoms with Crippen LogP contribution in [0.15, 0.2) is 16.5 Å². The van der Waals surface area contributed by atoms with E-state index in [1.807, 2.05) is 17.9 Å². The maximum Gasteiger partial charge on any atom is 0.289 e. The first kappa shape index (κ1) is 13.8. The normalized spacial score (nSPS) is 10.5. The van der Waals surface area contributed by atoms with Crippen LogP contribution in [0.1, 0.15) is 43.0 Å². The number of hydrogen-bond donors (Lipinski definition) is 1. The number of aryl methyl sites for hydroxylation is 1. The van der Waals surface area contributed by atoms with Gasteiger partial charge in [0.05, 0.1) is 0 Å². The lowest BCUT2D eigenvalue weighted by atomic mass is 10.3. The molecule has 0 aromatic carbocycles. The van der Waals surface area contributed by atoms with Crippen molar-refractivity contribution >= 4 is 5.91 Å². The molecule has 0 aliphatic rings. The van der Waals surface area contributed by atoms with Crippen LogP contribution in [0, 0.1) is 0 Å². The standard InChI is InChI=1S/C13H22N2O2/c1-3-9-15(10-5-8-14)13(16)12-7-6-11(4-2)17-12/h6-7H,3-5,8-10,14H2,1-2H3. The van der Waals surface area contributed by atoms with E-state index < -0.39 is 0 Å². The summed E-state index contributed by atoms with van der Waals surface area (Å²) in [5.41, 5.74) is 5.48. The fraction of sp³-hybridized carbons (Fsp3) is 0.615. The van der Waals surface area contributed by atoms with Crippen LogP contribution in [0.2, 0.25) is 0 Å².